The highest BCUT2D eigenvalue weighted by Crippen LogP contribution is 2.38. The molecule has 5 nitrogen and oxygen atoms in total. The summed E-state index contributed by atoms with van der Waals surface area (Å²) >= 11 is 0. The first-order valence-electron chi connectivity index (χ1n) is 12.0. The van der Waals surface area contributed by atoms with Crippen molar-refractivity contribution in [3.05, 3.63) is 35.4 Å². The number of amides is 2. The summed E-state index contributed by atoms with van der Waals surface area (Å²) in [5.74, 6) is -0.349. The molecular formula is C27H44NO4P. The first-order valence-corrected chi connectivity index (χ1v) is 13.4. The zero-order valence-corrected chi connectivity index (χ0v) is 23.1. The van der Waals surface area contributed by atoms with E-state index in [4.69, 9.17) is 9.26 Å². The van der Waals surface area contributed by atoms with Gasteiger partial charge < -0.3 is 9.26 Å². The van der Waals surface area contributed by atoms with Crippen molar-refractivity contribution in [2.75, 3.05) is 26.4 Å². The lowest BCUT2D eigenvalue weighted by Crippen LogP contribution is -2.36. The predicted molar refractivity (Wildman–Crippen MR) is 137 cm³/mol. The molecule has 1 aliphatic heterocycles. The van der Waals surface area contributed by atoms with Gasteiger partial charge in [-0.2, -0.15) is 0 Å². The average molecular weight is 478 g/mol. The zero-order valence-electron chi connectivity index (χ0n) is 22.1. The number of carbonyl (C=O) groups excluding carboxylic acids is 2. The van der Waals surface area contributed by atoms with Crippen LogP contribution in [0.5, 0.6) is 0 Å². The van der Waals surface area contributed by atoms with Crippen LogP contribution in [0.15, 0.2) is 24.3 Å². The summed E-state index contributed by atoms with van der Waals surface area (Å²) in [6, 6.07) is 7.08. The maximum absolute atomic E-state index is 12.7. The third-order valence-electron chi connectivity index (χ3n) is 6.12. The average Bonchev–Trinajstić information content (AvgIpc) is 2.88. The molecule has 0 saturated carbocycles. The van der Waals surface area contributed by atoms with Crippen LogP contribution in [0.1, 0.15) is 95.4 Å². The Morgan fingerprint density at radius 3 is 1.76 bits per heavy atom. The van der Waals surface area contributed by atoms with Crippen molar-refractivity contribution < 1.29 is 18.8 Å². The van der Waals surface area contributed by atoms with Crippen molar-refractivity contribution in [2.24, 2.45) is 16.2 Å². The van der Waals surface area contributed by atoms with Gasteiger partial charge >= 0.3 is 0 Å². The Hall–Kier alpha value is -1.29. The maximum Gasteiger partial charge on any atom is 0.261 e. The molecule has 1 atom stereocenters. The summed E-state index contributed by atoms with van der Waals surface area (Å²) in [6.07, 6.45) is 2.64. The highest BCUT2D eigenvalue weighted by Gasteiger charge is 2.37. The summed E-state index contributed by atoms with van der Waals surface area (Å²) in [4.78, 5) is 26.7. The molecule has 1 heterocycles. The Morgan fingerprint density at radius 1 is 0.788 bits per heavy atom. The summed E-state index contributed by atoms with van der Waals surface area (Å²) in [6.45, 7) is 21.5. The monoisotopic (exact) mass is 477 g/mol. The van der Waals surface area contributed by atoms with Crippen LogP contribution in [0.2, 0.25) is 0 Å². The topological polar surface area (TPSA) is 55.8 Å². The van der Waals surface area contributed by atoms with Gasteiger partial charge in [-0.05, 0) is 68.2 Å². The number of carbonyl (C=O) groups is 2. The van der Waals surface area contributed by atoms with E-state index in [1.807, 2.05) is 0 Å². The largest absolute Gasteiger partial charge is 0.380 e. The van der Waals surface area contributed by atoms with Crippen LogP contribution < -0.4 is 0 Å². The van der Waals surface area contributed by atoms with Crippen molar-refractivity contribution in [1.29, 1.82) is 0 Å². The van der Waals surface area contributed by atoms with E-state index in [1.165, 1.54) is 4.90 Å². The standard InChI is InChI=1S/C27H44NO4P/c1-24(2,14-15-28-22(29)20-12-10-11-13-21(20)23(28)30)16-25(3,4)18-31-19-26(5,6)17-27(7,8)32-33-9/h10-13,33H,14-19H2,1-9H3. The number of nitrogens with zero attached hydrogens (tertiary/aromatic N) is 1. The Morgan fingerprint density at radius 2 is 1.27 bits per heavy atom. The Balaban J connectivity index is 1.86. The van der Waals surface area contributed by atoms with Crippen LogP contribution in [0.3, 0.4) is 0 Å². The van der Waals surface area contributed by atoms with Gasteiger partial charge in [-0.3, -0.25) is 14.5 Å². The van der Waals surface area contributed by atoms with Gasteiger partial charge in [0.2, 0.25) is 0 Å². The molecule has 33 heavy (non-hydrogen) atoms. The number of rotatable bonds is 13. The molecule has 6 heteroatoms. The lowest BCUT2D eigenvalue weighted by molar-refractivity contribution is -0.0248. The molecule has 0 bridgehead atoms. The van der Waals surface area contributed by atoms with Crippen LogP contribution in [0, 0.1) is 16.2 Å². The van der Waals surface area contributed by atoms with Crippen molar-refractivity contribution in [3.8, 4) is 0 Å². The highest BCUT2D eigenvalue weighted by atomic mass is 31.1. The summed E-state index contributed by atoms with van der Waals surface area (Å²) in [5, 5.41) is 0. The molecule has 0 saturated heterocycles. The van der Waals surface area contributed by atoms with Gasteiger partial charge in [-0.15, -0.1) is 0 Å². The Bertz CT molecular complexity index is 809. The Kier molecular flexibility index (Phi) is 8.93. The molecule has 0 fully saturated rings. The van der Waals surface area contributed by atoms with Crippen molar-refractivity contribution in [3.63, 3.8) is 0 Å². The van der Waals surface area contributed by atoms with E-state index in [-0.39, 0.29) is 33.7 Å². The van der Waals surface area contributed by atoms with Crippen molar-refractivity contribution >= 4 is 20.6 Å². The van der Waals surface area contributed by atoms with Gasteiger partial charge in [0, 0.05) is 15.4 Å². The molecule has 0 spiro atoms. The Labute approximate surface area is 202 Å². The van der Waals surface area contributed by atoms with Gasteiger partial charge in [-0.25, -0.2) is 0 Å². The minimum Gasteiger partial charge on any atom is -0.380 e. The molecule has 2 rings (SSSR count). The van der Waals surface area contributed by atoms with Gasteiger partial charge in [0.15, 0.2) is 0 Å². The van der Waals surface area contributed by atoms with Crippen LogP contribution in [0.4, 0.5) is 0 Å². The molecule has 0 N–H and O–H groups in total. The molecule has 1 aromatic carbocycles. The molecule has 1 aliphatic rings. The van der Waals surface area contributed by atoms with Crippen LogP contribution in [0.25, 0.3) is 0 Å². The molecule has 0 aliphatic carbocycles. The zero-order chi connectivity index (χ0) is 25.1. The van der Waals surface area contributed by atoms with Gasteiger partial charge in [-0.1, -0.05) is 53.7 Å². The molecular weight excluding hydrogens is 433 g/mol. The first-order chi connectivity index (χ1) is 15.1. The van der Waals surface area contributed by atoms with Crippen LogP contribution in [-0.2, 0) is 9.26 Å². The number of hydrogen-bond donors (Lipinski definition) is 0. The maximum atomic E-state index is 12.7. The van der Waals surface area contributed by atoms with E-state index in [0.717, 1.165) is 19.3 Å². The fraction of sp³-hybridized carbons (Fsp3) is 0.704. The van der Waals surface area contributed by atoms with E-state index >= 15 is 0 Å². The third kappa shape index (κ3) is 8.16. The SMILES string of the molecule is CPOC(C)(C)CC(C)(C)COCC(C)(C)CC(C)(C)CCN1C(=O)c2ccccc2C1=O. The van der Waals surface area contributed by atoms with E-state index in [2.05, 4.69) is 62.1 Å². The second-order valence-corrected chi connectivity index (χ2v) is 13.1. The smallest absolute Gasteiger partial charge is 0.261 e. The molecule has 0 aromatic heterocycles. The number of benzene rings is 1. The quantitative estimate of drug-likeness (QED) is 0.238. The van der Waals surface area contributed by atoms with Gasteiger partial charge in [0.05, 0.1) is 29.9 Å². The summed E-state index contributed by atoms with van der Waals surface area (Å²) in [5.41, 5.74) is 0.866. The molecule has 186 valence electrons. The number of imide groups is 1. The normalized spacial score (nSPS) is 15.7. The molecule has 2 amide bonds. The van der Waals surface area contributed by atoms with Crippen molar-refractivity contribution in [2.45, 2.75) is 80.3 Å². The minimum absolute atomic E-state index is 0.0155. The number of hydrogen-bond acceptors (Lipinski definition) is 4. The fourth-order valence-electron chi connectivity index (χ4n) is 5.41. The number of fused-ring (bicyclic) bond motifs is 1. The molecule has 1 aromatic rings. The van der Waals surface area contributed by atoms with E-state index in [0.29, 0.717) is 39.7 Å². The van der Waals surface area contributed by atoms with E-state index in [9.17, 15) is 9.59 Å². The molecule has 0 radical (unpaired) electrons. The second-order valence-electron chi connectivity index (χ2n) is 12.5. The van der Waals surface area contributed by atoms with E-state index in [1.54, 1.807) is 24.3 Å². The van der Waals surface area contributed by atoms with Crippen LogP contribution >= 0.6 is 8.81 Å². The molecule has 1 unspecified atom stereocenters. The number of ether oxygens (including phenoxy) is 1. The van der Waals surface area contributed by atoms with Gasteiger partial charge in [0.1, 0.15) is 0 Å². The summed E-state index contributed by atoms with van der Waals surface area (Å²) < 4.78 is 12.1. The minimum atomic E-state index is -0.174. The first kappa shape index (κ1) is 28.0. The lowest BCUT2D eigenvalue weighted by Gasteiger charge is -2.38. The predicted octanol–water partition coefficient (Wildman–Crippen LogP) is 6.57. The second kappa shape index (κ2) is 10.5. The van der Waals surface area contributed by atoms with Gasteiger partial charge in [0.25, 0.3) is 11.8 Å². The fourth-order valence-corrected chi connectivity index (χ4v) is 6.04. The summed E-state index contributed by atoms with van der Waals surface area (Å²) in [7, 11) is 0.484. The highest BCUT2D eigenvalue weighted by molar-refractivity contribution is 7.31. The van der Waals surface area contributed by atoms with Crippen molar-refractivity contribution in [1.82, 2.24) is 4.90 Å². The third-order valence-corrected chi connectivity index (χ3v) is 6.87. The van der Waals surface area contributed by atoms with E-state index < -0.39 is 0 Å². The van der Waals surface area contributed by atoms with Crippen LogP contribution in [-0.4, -0.2) is 48.7 Å². The lowest BCUT2D eigenvalue weighted by atomic mass is 9.73.